The molecule has 0 fully saturated rings. The van der Waals surface area contributed by atoms with Crippen LogP contribution >= 0.6 is 11.8 Å². The Hall–Kier alpha value is -1.99. The van der Waals surface area contributed by atoms with E-state index in [2.05, 4.69) is 4.98 Å². The molecule has 0 aliphatic rings. The minimum atomic E-state index is -0.0401. The monoisotopic (exact) mass is 228 g/mol. The first-order valence-corrected chi connectivity index (χ1v) is 5.47. The van der Waals surface area contributed by atoms with Gasteiger partial charge in [-0.15, -0.1) is 0 Å². The molecular formula is C12H8N2OS. The maximum atomic E-state index is 12.0. The SMILES string of the molecule is N#CSc1cc(C(=O)c2ccccc2)c[nH]1. The summed E-state index contributed by atoms with van der Waals surface area (Å²) < 4.78 is 0. The summed E-state index contributed by atoms with van der Waals surface area (Å²) in [7, 11) is 0. The van der Waals surface area contributed by atoms with E-state index in [1.807, 2.05) is 23.6 Å². The summed E-state index contributed by atoms with van der Waals surface area (Å²) in [5.74, 6) is -0.0401. The first-order valence-electron chi connectivity index (χ1n) is 4.65. The summed E-state index contributed by atoms with van der Waals surface area (Å²) in [5.41, 5.74) is 1.22. The second-order valence-corrected chi connectivity index (χ2v) is 3.97. The highest BCUT2D eigenvalue weighted by molar-refractivity contribution is 8.03. The summed E-state index contributed by atoms with van der Waals surface area (Å²) in [5, 5.41) is 11.1. The molecule has 0 saturated carbocycles. The Balaban J connectivity index is 2.25. The standard InChI is InChI=1S/C12H8N2OS/c13-8-16-11-6-10(7-14-11)12(15)9-4-2-1-3-5-9/h1-7,14H. The molecule has 16 heavy (non-hydrogen) atoms. The maximum Gasteiger partial charge on any atom is 0.194 e. The number of hydrogen-bond acceptors (Lipinski definition) is 3. The maximum absolute atomic E-state index is 12.0. The van der Waals surface area contributed by atoms with E-state index in [4.69, 9.17) is 5.26 Å². The number of nitrogens with one attached hydrogen (secondary N) is 1. The van der Waals surface area contributed by atoms with Gasteiger partial charge in [0.2, 0.25) is 0 Å². The van der Waals surface area contributed by atoms with Crippen LogP contribution in [-0.4, -0.2) is 10.8 Å². The van der Waals surface area contributed by atoms with Crippen LogP contribution in [0.5, 0.6) is 0 Å². The molecule has 0 amide bonds. The Morgan fingerprint density at radius 2 is 2.00 bits per heavy atom. The van der Waals surface area contributed by atoms with Crippen LogP contribution in [0.15, 0.2) is 47.6 Å². The zero-order chi connectivity index (χ0) is 11.4. The number of thioether (sulfide) groups is 1. The van der Waals surface area contributed by atoms with Crippen molar-refractivity contribution in [1.82, 2.24) is 4.98 Å². The van der Waals surface area contributed by atoms with Gasteiger partial charge in [-0.2, -0.15) is 5.26 Å². The average Bonchev–Trinajstić information content (AvgIpc) is 2.78. The van der Waals surface area contributed by atoms with Crippen molar-refractivity contribution < 1.29 is 4.79 Å². The second kappa shape index (κ2) is 4.69. The molecule has 0 aliphatic carbocycles. The van der Waals surface area contributed by atoms with E-state index >= 15 is 0 Å². The zero-order valence-electron chi connectivity index (χ0n) is 8.31. The van der Waals surface area contributed by atoms with Gasteiger partial charge in [-0.25, -0.2) is 0 Å². The second-order valence-electron chi connectivity index (χ2n) is 3.14. The number of hydrogen-bond donors (Lipinski definition) is 1. The molecule has 0 aliphatic heterocycles. The van der Waals surface area contributed by atoms with Gasteiger partial charge in [0, 0.05) is 29.1 Å². The molecule has 0 unspecified atom stereocenters. The van der Waals surface area contributed by atoms with Gasteiger partial charge in [-0.05, 0) is 6.07 Å². The summed E-state index contributed by atoms with van der Waals surface area (Å²) in [6.07, 6.45) is 1.62. The summed E-state index contributed by atoms with van der Waals surface area (Å²) >= 11 is 1.01. The lowest BCUT2D eigenvalue weighted by Gasteiger charge is -1.96. The lowest BCUT2D eigenvalue weighted by atomic mass is 10.1. The van der Waals surface area contributed by atoms with Gasteiger partial charge in [0.15, 0.2) is 5.78 Å². The molecule has 1 N–H and O–H groups in total. The van der Waals surface area contributed by atoms with Crippen molar-refractivity contribution in [3.8, 4) is 5.40 Å². The molecule has 1 aromatic carbocycles. The number of aromatic nitrogens is 1. The molecule has 2 aromatic rings. The zero-order valence-corrected chi connectivity index (χ0v) is 9.12. The number of ketones is 1. The molecule has 0 saturated heterocycles. The number of rotatable bonds is 3. The van der Waals surface area contributed by atoms with Crippen molar-refractivity contribution in [1.29, 1.82) is 5.26 Å². The van der Waals surface area contributed by atoms with Crippen LogP contribution in [0.25, 0.3) is 0 Å². The molecule has 78 valence electrons. The predicted octanol–water partition coefficient (Wildman–Crippen LogP) is 2.82. The molecule has 0 bridgehead atoms. The van der Waals surface area contributed by atoms with E-state index in [1.165, 1.54) is 0 Å². The summed E-state index contributed by atoms with van der Waals surface area (Å²) in [4.78, 5) is 14.8. The van der Waals surface area contributed by atoms with E-state index in [0.717, 1.165) is 11.8 Å². The molecule has 0 spiro atoms. The van der Waals surface area contributed by atoms with Crippen molar-refractivity contribution in [2.75, 3.05) is 0 Å². The van der Waals surface area contributed by atoms with Gasteiger partial charge in [0.1, 0.15) is 5.40 Å². The van der Waals surface area contributed by atoms with E-state index in [1.54, 1.807) is 24.4 Å². The highest BCUT2D eigenvalue weighted by Crippen LogP contribution is 2.18. The van der Waals surface area contributed by atoms with Gasteiger partial charge in [0.25, 0.3) is 0 Å². The van der Waals surface area contributed by atoms with Gasteiger partial charge in [0.05, 0.1) is 5.03 Å². The van der Waals surface area contributed by atoms with E-state index in [9.17, 15) is 4.79 Å². The molecule has 0 radical (unpaired) electrons. The predicted molar refractivity (Wildman–Crippen MR) is 62.1 cm³/mol. The van der Waals surface area contributed by atoms with Gasteiger partial charge < -0.3 is 4.98 Å². The Bertz CT molecular complexity index is 540. The summed E-state index contributed by atoms with van der Waals surface area (Å²) in [6.45, 7) is 0. The van der Waals surface area contributed by atoms with Crippen LogP contribution in [0.4, 0.5) is 0 Å². The van der Waals surface area contributed by atoms with E-state index < -0.39 is 0 Å². The fraction of sp³-hybridized carbons (Fsp3) is 0. The highest BCUT2D eigenvalue weighted by atomic mass is 32.2. The number of carbonyl (C=O) groups excluding carboxylic acids is 1. The first kappa shape index (κ1) is 10.5. The topological polar surface area (TPSA) is 56.6 Å². The first-order chi connectivity index (χ1) is 7.81. The summed E-state index contributed by atoms with van der Waals surface area (Å²) in [6, 6.07) is 10.7. The Morgan fingerprint density at radius 3 is 2.69 bits per heavy atom. The highest BCUT2D eigenvalue weighted by Gasteiger charge is 2.10. The van der Waals surface area contributed by atoms with Crippen LogP contribution in [0.1, 0.15) is 15.9 Å². The van der Waals surface area contributed by atoms with Crippen LogP contribution in [-0.2, 0) is 0 Å². The molecule has 1 heterocycles. The number of thiocyanates is 1. The largest absolute Gasteiger partial charge is 0.355 e. The van der Waals surface area contributed by atoms with Crippen molar-refractivity contribution in [3.05, 3.63) is 53.7 Å². The van der Waals surface area contributed by atoms with Gasteiger partial charge in [-0.3, -0.25) is 4.79 Å². The third-order valence-electron chi connectivity index (χ3n) is 2.11. The fourth-order valence-electron chi connectivity index (χ4n) is 1.37. The molecule has 0 atom stereocenters. The van der Waals surface area contributed by atoms with E-state index in [0.29, 0.717) is 16.2 Å². The van der Waals surface area contributed by atoms with Crippen LogP contribution in [0.2, 0.25) is 0 Å². The lowest BCUT2D eigenvalue weighted by Crippen LogP contribution is -1.98. The van der Waals surface area contributed by atoms with Crippen molar-refractivity contribution in [3.63, 3.8) is 0 Å². The third-order valence-corrected chi connectivity index (χ3v) is 2.66. The molecule has 4 heteroatoms. The number of nitriles is 1. The van der Waals surface area contributed by atoms with Gasteiger partial charge >= 0.3 is 0 Å². The Morgan fingerprint density at radius 1 is 1.25 bits per heavy atom. The van der Waals surface area contributed by atoms with Crippen LogP contribution in [0, 0.1) is 10.7 Å². The molecule has 3 nitrogen and oxygen atoms in total. The van der Waals surface area contributed by atoms with Crippen molar-refractivity contribution in [2.45, 2.75) is 5.03 Å². The van der Waals surface area contributed by atoms with Crippen LogP contribution in [0.3, 0.4) is 0 Å². The lowest BCUT2D eigenvalue weighted by molar-refractivity contribution is 0.103. The van der Waals surface area contributed by atoms with Crippen LogP contribution < -0.4 is 0 Å². The molecular weight excluding hydrogens is 220 g/mol. The molecule has 1 aromatic heterocycles. The average molecular weight is 228 g/mol. The van der Waals surface area contributed by atoms with Crippen molar-refractivity contribution >= 4 is 17.5 Å². The number of carbonyl (C=O) groups is 1. The van der Waals surface area contributed by atoms with E-state index in [-0.39, 0.29) is 5.78 Å². The Labute approximate surface area is 97.1 Å². The third kappa shape index (κ3) is 2.15. The fourth-order valence-corrected chi connectivity index (χ4v) is 1.77. The minimum absolute atomic E-state index is 0.0401. The number of benzene rings is 1. The Kier molecular flexibility index (Phi) is 3.08. The quantitative estimate of drug-likeness (QED) is 0.499. The van der Waals surface area contributed by atoms with Gasteiger partial charge in [-0.1, -0.05) is 30.3 Å². The van der Waals surface area contributed by atoms with Crippen molar-refractivity contribution in [2.24, 2.45) is 0 Å². The smallest absolute Gasteiger partial charge is 0.194 e. The molecule has 2 rings (SSSR count). The number of aromatic amines is 1. The number of nitrogens with zero attached hydrogens (tertiary/aromatic N) is 1. The normalized spacial score (nSPS) is 9.69. The minimum Gasteiger partial charge on any atom is -0.355 e. The number of H-pyrrole nitrogens is 1.